The highest BCUT2D eigenvalue weighted by Crippen LogP contribution is 2.32. The second-order valence-electron chi connectivity index (χ2n) is 5.18. The van der Waals surface area contributed by atoms with Gasteiger partial charge in [0.25, 0.3) is 0 Å². The van der Waals surface area contributed by atoms with Gasteiger partial charge in [-0.05, 0) is 55.4 Å². The number of hydrogen-bond acceptors (Lipinski definition) is 2. The molecule has 3 heteroatoms. The van der Waals surface area contributed by atoms with Gasteiger partial charge < -0.3 is 10.5 Å². The van der Waals surface area contributed by atoms with Crippen molar-refractivity contribution in [2.24, 2.45) is 5.73 Å². The zero-order valence-electron chi connectivity index (χ0n) is 12.3. The van der Waals surface area contributed by atoms with Crippen LogP contribution in [0.15, 0.2) is 18.2 Å². The summed E-state index contributed by atoms with van der Waals surface area (Å²) >= 11 is 6.10. The molecule has 0 bridgehead atoms. The highest BCUT2D eigenvalue weighted by Gasteiger charge is 2.13. The molecule has 2 atom stereocenters. The van der Waals surface area contributed by atoms with Crippen LogP contribution < -0.4 is 10.5 Å². The van der Waals surface area contributed by atoms with E-state index in [1.54, 1.807) is 0 Å². The average molecular weight is 284 g/mol. The first-order valence-electron chi connectivity index (χ1n) is 7.26. The molecule has 0 heterocycles. The van der Waals surface area contributed by atoms with Gasteiger partial charge in [-0.15, -0.1) is 0 Å². The smallest absolute Gasteiger partial charge is 0.122 e. The zero-order valence-corrected chi connectivity index (χ0v) is 13.0. The van der Waals surface area contributed by atoms with Crippen LogP contribution in [0.3, 0.4) is 0 Å². The van der Waals surface area contributed by atoms with Crippen molar-refractivity contribution in [3.8, 4) is 5.75 Å². The van der Waals surface area contributed by atoms with E-state index in [1.807, 2.05) is 18.2 Å². The number of ether oxygens (including phenoxy) is 1. The molecule has 0 aliphatic heterocycles. The largest absolute Gasteiger partial charge is 0.493 e. The van der Waals surface area contributed by atoms with E-state index in [0.717, 1.165) is 43.1 Å². The number of benzene rings is 1. The quantitative estimate of drug-likeness (QED) is 0.747. The summed E-state index contributed by atoms with van der Waals surface area (Å²) in [6.07, 6.45) is 4.15. The van der Waals surface area contributed by atoms with Crippen molar-refractivity contribution in [3.05, 3.63) is 28.8 Å². The molecule has 0 saturated carbocycles. The van der Waals surface area contributed by atoms with E-state index in [9.17, 15) is 0 Å². The van der Waals surface area contributed by atoms with Crippen molar-refractivity contribution in [2.45, 2.75) is 58.4 Å². The summed E-state index contributed by atoms with van der Waals surface area (Å²) < 4.78 is 5.81. The molecule has 0 aliphatic carbocycles. The molecule has 2 unspecified atom stereocenters. The number of nitrogens with two attached hydrogens (primary N) is 1. The Kier molecular flexibility index (Phi) is 7.25. The van der Waals surface area contributed by atoms with Crippen molar-refractivity contribution in [1.29, 1.82) is 0 Å². The average Bonchev–Trinajstić information content (AvgIpc) is 2.42. The topological polar surface area (TPSA) is 35.2 Å². The molecule has 2 nitrogen and oxygen atoms in total. The number of rotatable bonds is 8. The fourth-order valence-corrected chi connectivity index (χ4v) is 2.25. The first-order valence-corrected chi connectivity index (χ1v) is 7.64. The molecule has 1 rings (SSSR count). The lowest BCUT2D eigenvalue weighted by molar-refractivity contribution is 0.311. The Morgan fingerprint density at radius 2 is 2.00 bits per heavy atom. The second-order valence-corrected chi connectivity index (χ2v) is 5.61. The molecule has 1 aromatic rings. The molecule has 0 fully saturated rings. The van der Waals surface area contributed by atoms with E-state index in [2.05, 4.69) is 20.8 Å². The van der Waals surface area contributed by atoms with Gasteiger partial charge in [0.2, 0.25) is 0 Å². The van der Waals surface area contributed by atoms with Crippen LogP contribution in [0.1, 0.15) is 57.9 Å². The fourth-order valence-electron chi connectivity index (χ4n) is 2.07. The summed E-state index contributed by atoms with van der Waals surface area (Å²) in [6, 6.07) is 6.18. The Morgan fingerprint density at radius 3 is 2.63 bits per heavy atom. The molecule has 2 N–H and O–H groups in total. The maximum atomic E-state index is 6.10. The van der Waals surface area contributed by atoms with E-state index in [1.165, 1.54) is 5.56 Å². The van der Waals surface area contributed by atoms with Gasteiger partial charge in [-0.2, -0.15) is 0 Å². The van der Waals surface area contributed by atoms with E-state index < -0.39 is 0 Å². The molecule has 0 spiro atoms. The summed E-state index contributed by atoms with van der Waals surface area (Å²) in [4.78, 5) is 0. The Morgan fingerprint density at radius 1 is 1.26 bits per heavy atom. The van der Waals surface area contributed by atoms with Crippen LogP contribution in [-0.4, -0.2) is 12.6 Å². The molecule has 0 saturated heterocycles. The Hall–Kier alpha value is -0.730. The Labute approximate surface area is 122 Å². The van der Waals surface area contributed by atoms with Crippen LogP contribution in [0, 0.1) is 0 Å². The molecule has 19 heavy (non-hydrogen) atoms. The van der Waals surface area contributed by atoms with Gasteiger partial charge in [0.05, 0.1) is 6.61 Å². The van der Waals surface area contributed by atoms with Gasteiger partial charge in [0, 0.05) is 11.1 Å². The summed E-state index contributed by atoms with van der Waals surface area (Å²) in [5.74, 6) is 1.38. The highest BCUT2D eigenvalue weighted by atomic mass is 35.5. The van der Waals surface area contributed by atoms with Crippen LogP contribution in [0.4, 0.5) is 0 Å². The van der Waals surface area contributed by atoms with Gasteiger partial charge in [-0.3, -0.25) is 0 Å². The van der Waals surface area contributed by atoms with Crippen molar-refractivity contribution >= 4 is 11.6 Å². The van der Waals surface area contributed by atoms with Crippen molar-refractivity contribution < 1.29 is 4.74 Å². The molecule has 0 amide bonds. The molecule has 0 radical (unpaired) electrons. The van der Waals surface area contributed by atoms with Crippen LogP contribution in [0.5, 0.6) is 5.75 Å². The van der Waals surface area contributed by atoms with Crippen LogP contribution in [0.25, 0.3) is 0 Å². The number of halogens is 1. The predicted molar refractivity (Wildman–Crippen MR) is 83.2 cm³/mol. The van der Waals surface area contributed by atoms with Gasteiger partial charge in [0.15, 0.2) is 0 Å². The number of hydrogen-bond donors (Lipinski definition) is 1. The van der Waals surface area contributed by atoms with Crippen molar-refractivity contribution in [2.75, 3.05) is 6.61 Å². The zero-order chi connectivity index (χ0) is 14.3. The minimum Gasteiger partial charge on any atom is -0.493 e. The highest BCUT2D eigenvalue weighted by molar-refractivity contribution is 6.30. The standard InChI is InChI=1S/C16H26ClNO/c1-4-10-19-16-9-7-13(17)11-15(16)12(3)6-8-14(18)5-2/h7,9,11-12,14H,4-6,8,10,18H2,1-3H3. The van der Waals surface area contributed by atoms with Crippen LogP contribution in [-0.2, 0) is 0 Å². The Bertz CT molecular complexity index is 381. The Balaban J connectivity index is 2.75. The normalized spacial score (nSPS) is 14.2. The maximum Gasteiger partial charge on any atom is 0.122 e. The SMILES string of the molecule is CCCOc1ccc(Cl)cc1C(C)CCC(N)CC. The third-order valence-electron chi connectivity index (χ3n) is 3.46. The minimum absolute atomic E-state index is 0.293. The molecular weight excluding hydrogens is 258 g/mol. The van der Waals surface area contributed by atoms with Gasteiger partial charge in [-0.1, -0.05) is 32.4 Å². The molecule has 0 aromatic heterocycles. The molecule has 108 valence electrons. The van der Waals surface area contributed by atoms with Gasteiger partial charge >= 0.3 is 0 Å². The maximum absolute atomic E-state index is 6.10. The minimum atomic E-state index is 0.293. The molecule has 0 aliphatic rings. The van der Waals surface area contributed by atoms with Gasteiger partial charge in [0.1, 0.15) is 5.75 Å². The van der Waals surface area contributed by atoms with Crippen molar-refractivity contribution in [1.82, 2.24) is 0 Å². The first kappa shape index (κ1) is 16.3. The van der Waals surface area contributed by atoms with Gasteiger partial charge in [-0.25, -0.2) is 0 Å². The third kappa shape index (κ3) is 5.42. The molecular formula is C16H26ClNO. The first-order chi connectivity index (χ1) is 9.08. The summed E-state index contributed by atoms with van der Waals surface area (Å²) in [6.45, 7) is 7.20. The third-order valence-corrected chi connectivity index (χ3v) is 3.69. The monoisotopic (exact) mass is 283 g/mol. The van der Waals surface area contributed by atoms with E-state index in [0.29, 0.717) is 12.0 Å². The van der Waals surface area contributed by atoms with Crippen LogP contribution >= 0.6 is 11.6 Å². The lowest BCUT2D eigenvalue weighted by Gasteiger charge is -2.18. The lowest BCUT2D eigenvalue weighted by Crippen LogP contribution is -2.19. The van der Waals surface area contributed by atoms with E-state index in [-0.39, 0.29) is 0 Å². The van der Waals surface area contributed by atoms with E-state index >= 15 is 0 Å². The van der Waals surface area contributed by atoms with Crippen LogP contribution in [0.2, 0.25) is 5.02 Å². The summed E-state index contributed by atoms with van der Waals surface area (Å²) in [7, 11) is 0. The predicted octanol–water partition coefficient (Wildman–Crippen LogP) is 4.75. The summed E-state index contributed by atoms with van der Waals surface area (Å²) in [5, 5.41) is 0.769. The van der Waals surface area contributed by atoms with Crippen molar-refractivity contribution in [3.63, 3.8) is 0 Å². The molecule has 1 aromatic carbocycles. The fraction of sp³-hybridized carbons (Fsp3) is 0.625. The lowest BCUT2D eigenvalue weighted by atomic mass is 9.93. The van der Waals surface area contributed by atoms with E-state index in [4.69, 9.17) is 22.1 Å². The summed E-state index contributed by atoms with van der Waals surface area (Å²) in [5.41, 5.74) is 7.19. The second kappa shape index (κ2) is 8.44.